The summed E-state index contributed by atoms with van der Waals surface area (Å²) in [5.74, 6) is 1.34. The van der Waals surface area contributed by atoms with Gasteiger partial charge >= 0.3 is 0 Å². The molecule has 0 amide bonds. The van der Waals surface area contributed by atoms with Gasteiger partial charge in [0.15, 0.2) is 6.29 Å². The predicted molar refractivity (Wildman–Crippen MR) is 74.0 cm³/mol. The van der Waals surface area contributed by atoms with Crippen molar-refractivity contribution in [1.82, 2.24) is 0 Å². The fourth-order valence-corrected chi connectivity index (χ4v) is 2.19. The molecule has 1 aliphatic rings. The van der Waals surface area contributed by atoms with Crippen molar-refractivity contribution in [2.45, 2.75) is 31.7 Å². The van der Waals surface area contributed by atoms with E-state index < -0.39 is 6.10 Å². The quantitative estimate of drug-likeness (QED) is 0.867. The second kappa shape index (κ2) is 7.47. The number of aliphatic hydroxyl groups excluding tert-OH is 1. The summed E-state index contributed by atoms with van der Waals surface area (Å²) < 4.78 is 21.3. The molecule has 1 aromatic rings. The molecule has 5 nitrogen and oxygen atoms in total. The molecule has 0 unspecified atom stereocenters. The molecule has 5 heteroatoms. The molecule has 0 spiro atoms. The van der Waals surface area contributed by atoms with Gasteiger partial charge in [0.1, 0.15) is 11.5 Å². The van der Waals surface area contributed by atoms with Crippen LogP contribution >= 0.6 is 0 Å². The van der Waals surface area contributed by atoms with Crippen molar-refractivity contribution in [3.63, 3.8) is 0 Å². The summed E-state index contributed by atoms with van der Waals surface area (Å²) in [5, 5.41) is 10.3. The molecule has 0 radical (unpaired) electrons. The van der Waals surface area contributed by atoms with Crippen molar-refractivity contribution >= 4 is 0 Å². The van der Waals surface area contributed by atoms with Gasteiger partial charge in [-0.2, -0.15) is 0 Å². The third kappa shape index (κ3) is 4.10. The monoisotopic (exact) mass is 282 g/mol. The highest BCUT2D eigenvalue weighted by molar-refractivity contribution is 5.39. The van der Waals surface area contributed by atoms with Gasteiger partial charge < -0.3 is 24.1 Å². The summed E-state index contributed by atoms with van der Waals surface area (Å²) in [6.07, 6.45) is 1.38. The van der Waals surface area contributed by atoms with Crippen molar-refractivity contribution in [2.24, 2.45) is 0 Å². The molecule has 0 saturated carbocycles. The van der Waals surface area contributed by atoms with Gasteiger partial charge in [0.25, 0.3) is 0 Å². The normalized spacial score (nSPS) is 17.8. The topological polar surface area (TPSA) is 57.2 Å². The summed E-state index contributed by atoms with van der Waals surface area (Å²) in [6.45, 7) is 1.46. The molecule has 1 N–H and O–H groups in total. The molecule has 1 saturated heterocycles. The minimum atomic E-state index is -0.590. The van der Waals surface area contributed by atoms with Gasteiger partial charge in [0.2, 0.25) is 0 Å². The van der Waals surface area contributed by atoms with Gasteiger partial charge in [0, 0.05) is 12.5 Å². The molecular formula is C15H22O5. The Kier molecular flexibility index (Phi) is 5.64. The van der Waals surface area contributed by atoms with E-state index in [4.69, 9.17) is 18.9 Å². The number of aliphatic hydroxyl groups is 1. The Balaban J connectivity index is 1.95. The minimum absolute atomic E-state index is 0.203. The first-order valence-corrected chi connectivity index (χ1v) is 6.87. The third-order valence-electron chi connectivity index (χ3n) is 3.33. The summed E-state index contributed by atoms with van der Waals surface area (Å²) in [6, 6.07) is 5.41. The van der Waals surface area contributed by atoms with Gasteiger partial charge in [0.05, 0.1) is 33.5 Å². The zero-order valence-corrected chi connectivity index (χ0v) is 12.0. The highest BCUT2D eigenvalue weighted by Crippen LogP contribution is 2.29. The lowest BCUT2D eigenvalue weighted by Gasteiger charge is -2.24. The van der Waals surface area contributed by atoms with E-state index in [1.54, 1.807) is 20.3 Å². The molecule has 2 rings (SSSR count). The van der Waals surface area contributed by atoms with Crippen LogP contribution in [0.15, 0.2) is 18.2 Å². The number of ether oxygens (including phenoxy) is 4. The SMILES string of the molecule is COc1cc(OC)cc([C@@H](O)CCC2OCCCO2)c1. The summed E-state index contributed by atoms with van der Waals surface area (Å²) in [4.78, 5) is 0. The van der Waals surface area contributed by atoms with Crippen molar-refractivity contribution in [3.8, 4) is 11.5 Å². The molecule has 1 aromatic carbocycles. The maximum atomic E-state index is 10.3. The van der Waals surface area contributed by atoms with E-state index in [-0.39, 0.29) is 6.29 Å². The van der Waals surface area contributed by atoms with Crippen LogP contribution in [0.2, 0.25) is 0 Å². The number of rotatable bonds is 6. The van der Waals surface area contributed by atoms with E-state index in [1.807, 2.05) is 12.1 Å². The summed E-state index contributed by atoms with van der Waals surface area (Å²) in [7, 11) is 3.18. The number of hydrogen-bond acceptors (Lipinski definition) is 5. The molecule has 112 valence electrons. The first-order valence-electron chi connectivity index (χ1n) is 6.87. The first kappa shape index (κ1) is 15.1. The number of benzene rings is 1. The Morgan fingerprint density at radius 1 is 1.15 bits per heavy atom. The average molecular weight is 282 g/mol. The van der Waals surface area contributed by atoms with Crippen LogP contribution in [0.1, 0.15) is 30.9 Å². The highest BCUT2D eigenvalue weighted by Gasteiger charge is 2.17. The molecule has 1 atom stereocenters. The lowest BCUT2D eigenvalue weighted by Crippen LogP contribution is -2.25. The van der Waals surface area contributed by atoms with Crippen LogP contribution in [-0.4, -0.2) is 38.8 Å². The van der Waals surface area contributed by atoms with Gasteiger partial charge in [-0.25, -0.2) is 0 Å². The Morgan fingerprint density at radius 2 is 1.75 bits per heavy atom. The van der Waals surface area contributed by atoms with Crippen LogP contribution < -0.4 is 9.47 Å². The van der Waals surface area contributed by atoms with E-state index >= 15 is 0 Å². The van der Waals surface area contributed by atoms with Crippen LogP contribution in [0.4, 0.5) is 0 Å². The zero-order chi connectivity index (χ0) is 14.4. The molecular weight excluding hydrogens is 260 g/mol. The molecule has 0 aliphatic carbocycles. The van der Waals surface area contributed by atoms with Crippen LogP contribution in [0.25, 0.3) is 0 Å². The van der Waals surface area contributed by atoms with Crippen LogP contribution in [0.5, 0.6) is 11.5 Å². The maximum Gasteiger partial charge on any atom is 0.157 e. The Labute approximate surface area is 119 Å². The molecule has 0 aromatic heterocycles. The van der Waals surface area contributed by atoms with Crippen LogP contribution in [-0.2, 0) is 9.47 Å². The van der Waals surface area contributed by atoms with Crippen molar-refractivity contribution in [3.05, 3.63) is 23.8 Å². The largest absolute Gasteiger partial charge is 0.497 e. The fraction of sp³-hybridized carbons (Fsp3) is 0.600. The van der Waals surface area contributed by atoms with E-state index in [9.17, 15) is 5.11 Å². The summed E-state index contributed by atoms with van der Waals surface area (Å²) in [5.41, 5.74) is 0.775. The van der Waals surface area contributed by atoms with Crippen molar-refractivity contribution < 1.29 is 24.1 Å². The molecule has 0 bridgehead atoms. The maximum absolute atomic E-state index is 10.3. The van der Waals surface area contributed by atoms with Crippen LogP contribution in [0.3, 0.4) is 0 Å². The van der Waals surface area contributed by atoms with E-state index in [0.717, 1.165) is 25.2 Å². The minimum Gasteiger partial charge on any atom is -0.497 e. The second-order valence-corrected chi connectivity index (χ2v) is 4.76. The Morgan fingerprint density at radius 3 is 2.30 bits per heavy atom. The van der Waals surface area contributed by atoms with Gasteiger partial charge in [-0.3, -0.25) is 0 Å². The van der Waals surface area contributed by atoms with Crippen LogP contribution in [0, 0.1) is 0 Å². The number of hydrogen-bond donors (Lipinski definition) is 1. The van der Waals surface area contributed by atoms with Crippen molar-refractivity contribution in [2.75, 3.05) is 27.4 Å². The lowest BCUT2D eigenvalue weighted by molar-refractivity contribution is -0.183. The lowest BCUT2D eigenvalue weighted by atomic mass is 10.0. The van der Waals surface area contributed by atoms with E-state index in [0.29, 0.717) is 24.3 Å². The van der Waals surface area contributed by atoms with E-state index in [2.05, 4.69) is 0 Å². The van der Waals surface area contributed by atoms with Gasteiger partial charge in [-0.15, -0.1) is 0 Å². The standard InChI is InChI=1S/C15H22O5/c1-17-12-8-11(9-13(10-12)18-2)14(16)4-5-15-19-6-3-7-20-15/h8-10,14-16H,3-7H2,1-2H3/t14-/m0/s1. The summed E-state index contributed by atoms with van der Waals surface area (Å²) >= 11 is 0. The number of methoxy groups -OCH3 is 2. The second-order valence-electron chi connectivity index (χ2n) is 4.76. The smallest absolute Gasteiger partial charge is 0.157 e. The molecule has 1 aliphatic heterocycles. The Hall–Kier alpha value is -1.30. The van der Waals surface area contributed by atoms with E-state index in [1.165, 1.54) is 0 Å². The first-order chi connectivity index (χ1) is 9.72. The molecule has 1 fully saturated rings. The van der Waals surface area contributed by atoms with Crippen molar-refractivity contribution in [1.29, 1.82) is 0 Å². The molecule has 20 heavy (non-hydrogen) atoms. The highest BCUT2D eigenvalue weighted by atomic mass is 16.7. The van der Waals surface area contributed by atoms with Gasteiger partial charge in [-0.1, -0.05) is 0 Å². The third-order valence-corrected chi connectivity index (χ3v) is 3.33. The predicted octanol–water partition coefficient (Wildman–Crippen LogP) is 2.28. The van der Waals surface area contributed by atoms with Gasteiger partial charge in [-0.05, 0) is 30.5 Å². The Bertz CT molecular complexity index is 392. The molecule has 1 heterocycles. The average Bonchev–Trinajstić information content (AvgIpc) is 2.52. The fourth-order valence-electron chi connectivity index (χ4n) is 2.19. The zero-order valence-electron chi connectivity index (χ0n) is 12.0.